The van der Waals surface area contributed by atoms with Gasteiger partial charge >= 0.3 is 12.6 Å². The Balaban J connectivity index is 1.58. The lowest BCUT2D eigenvalue weighted by Crippen LogP contribution is -2.49. The molecule has 0 radical (unpaired) electrons. The van der Waals surface area contributed by atoms with Gasteiger partial charge in [0.2, 0.25) is 5.89 Å². The summed E-state index contributed by atoms with van der Waals surface area (Å²) in [4.78, 5) is 30.6. The lowest BCUT2D eigenvalue weighted by Gasteiger charge is -2.31. The molecule has 1 saturated carbocycles. The van der Waals surface area contributed by atoms with Crippen molar-refractivity contribution in [3.63, 3.8) is 0 Å². The molecule has 1 atom stereocenters. The molecule has 184 valence electrons. The number of alkyl halides is 2. The molecule has 2 aliphatic rings. The number of oxazole rings is 1. The number of benzene rings is 1. The van der Waals surface area contributed by atoms with E-state index in [0.717, 1.165) is 12.8 Å². The highest BCUT2D eigenvalue weighted by atomic mass is 19.3. The van der Waals surface area contributed by atoms with Crippen molar-refractivity contribution in [1.29, 1.82) is 0 Å². The van der Waals surface area contributed by atoms with Crippen molar-refractivity contribution in [2.45, 2.75) is 32.1 Å². The molecule has 1 aliphatic carbocycles. The summed E-state index contributed by atoms with van der Waals surface area (Å²) in [5, 5.41) is 0. The summed E-state index contributed by atoms with van der Waals surface area (Å²) in [6.07, 6.45) is 1.14. The van der Waals surface area contributed by atoms with Crippen molar-refractivity contribution in [2.24, 2.45) is 11.7 Å². The number of esters is 1. The number of morpholine rings is 1. The molecule has 1 unspecified atom stereocenters. The molecular formula is C22H25F2N3O7. The average molecular weight is 481 g/mol. The molecule has 2 N–H and O–H groups in total. The molecule has 1 aliphatic heterocycles. The zero-order valence-electron chi connectivity index (χ0n) is 18.5. The number of nitrogens with zero attached hydrogens (tertiary/aromatic N) is 2. The van der Waals surface area contributed by atoms with Crippen LogP contribution in [0.2, 0.25) is 0 Å². The molecule has 1 aromatic heterocycles. The van der Waals surface area contributed by atoms with Gasteiger partial charge in [-0.2, -0.15) is 8.78 Å². The topological polar surface area (TPSA) is 126 Å². The minimum atomic E-state index is -3.01. The van der Waals surface area contributed by atoms with Crippen LogP contribution in [0.4, 0.5) is 8.78 Å². The number of ether oxygens (including phenoxy) is 4. The Kier molecular flexibility index (Phi) is 7.27. The Morgan fingerprint density at radius 2 is 2.09 bits per heavy atom. The van der Waals surface area contributed by atoms with E-state index >= 15 is 0 Å². The predicted octanol–water partition coefficient (Wildman–Crippen LogP) is 2.20. The van der Waals surface area contributed by atoms with E-state index in [1.807, 2.05) is 0 Å². The Morgan fingerprint density at radius 1 is 1.29 bits per heavy atom. The van der Waals surface area contributed by atoms with Crippen molar-refractivity contribution in [2.75, 3.05) is 33.4 Å². The van der Waals surface area contributed by atoms with Crippen LogP contribution >= 0.6 is 0 Å². The van der Waals surface area contributed by atoms with Crippen molar-refractivity contribution >= 4 is 11.9 Å². The SMILES string of the molecule is COC(=O)C1CN(C(=O)c2nc(-c3ccc(OC(F)F)c(OCC4CC4)c3)oc2CN)CCO1. The maximum absolute atomic E-state index is 13.1. The zero-order valence-corrected chi connectivity index (χ0v) is 18.5. The molecule has 1 amide bonds. The maximum atomic E-state index is 13.1. The highest BCUT2D eigenvalue weighted by Crippen LogP contribution is 2.36. The lowest BCUT2D eigenvalue weighted by atomic mass is 10.2. The monoisotopic (exact) mass is 481 g/mol. The van der Waals surface area contributed by atoms with Crippen LogP contribution in [0, 0.1) is 5.92 Å². The van der Waals surface area contributed by atoms with E-state index < -0.39 is 24.6 Å². The van der Waals surface area contributed by atoms with Gasteiger partial charge < -0.3 is 34.0 Å². The van der Waals surface area contributed by atoms with E-state index in [9.17, 15) is 18.4 Å². The van der Waals surface area contributed by atoms with Crippen LogP contribution in [0.1, 0.15) is 29.1 Å². The fourth-order valence-electron chi connectivity index (χ4n) is 3.48. The molecule has 34 heavy (non-hydrogen) atoms. The molecule has 4 rings (SSSR count). The van der Waals surface area contributed by atoms with Gasteiger partial charge in [-0.1, -0.05) is 0 Å². The summed E-state index contributed by atoms with van der Waals surface area (Å²) in [7, 11) is 1.24. The number of aromatic nitrogens is 1. The van der Waals surface area contributed by atoms with E-state index in [0.29, 0.717) is 18.1 Å². The largest absolute Gasteiger partial charge is 0.489 e. The van der Waals surface area contributed by atoms with Gasteiger partial charge in [-0.25, -0.2) is 9.78 Å². The van der Waals surface area contributed by atoms with Crippen LogP contribution in [0.25, 0.3) is 11.5 Å². The summed E-state index contributed by atoms with van der Waals surface area (Å²) in [6, 6.07) is 4.28. The van der Waals surface area contributed by atoms with Crippen LogP contribution in [0.5, 0.6) is 11.5 Å². The summed E-state index contributed by atoms with van der Waals surface area (Å²) >= 11 is 0. The molecule has 1 saturated heterocycles. The first-order chi connectivity index (χ1) is 16.4. The number of hydrogen-bond donors (Lipinski definition) is 1. The van der Waals surface area contributed by atoms with Gasteiger partial charge in [-0.05, 0) is 37.0 Å². The van der Waals surface area contributed by atoms with E-state index in [1.165, 1.54) is 30.2 Å². The molecule has 1 aromatic carbocycles. The van der Waals surface area contributed by atoms with Crippen molar-refractivity contribution in [3.05, 3.63) is 29.7 Å². The van der Waals surface area contributed by atoms with Gasteiger partial charge in [0.15, 0.2) is 29.1 Å². The fourth-order valence-corrected chi connectivity index (χ4v) is 3.48. The average Bonchev–Trinajstić information content (AvgIpc) is 3.58. The summed E-state index contributed by atoms with van der Waals surface area (Å²) in [6.45, 7) is -2.33. The van der Waals surface area contributed by atoms with E-state index in [-0.39, 0.29) is 55.1 Å². The van der Waals surface area contributed by atoms with Gasteiger partial charge in [0, 0.05) is 12.1 Å². The highest BCUT2D eigenvalue weighted by Gasteiger charge is 2.33. The van der Waals surface area contributed by atoms with Crippen LogP contribution in [0.3, 0.4) is 0 Å². The number of hydrogen-bond acceptors (Lipinski definition) is 9. The molecule has 2 fully saturated rings. The molecule has 2 heterocycles. The number of methoxy groups -OCH3 is 1. The van der Waals surface area contributed by atoms with Crippen LogP contribution in [-0.2, 0) is 20.8 Å². The van der Waals surface area contributed by atoms with Gasteiger partial charge in [-0.15, -0.1) is 0 Å². The number of nitrogens with two attached hydrogens (primary N) is 1. The third-order valence-electron chi connectivity index (χ3n) is 5.48. The summed E-state index contributed by atoms with van der Waals surface area (Å²) < 4.78 is 51.6. The van der Waals surface area contributed by atoms with E-state index in [4.69, 9.17) is 19.6 Å². The van der Waals surface area contributed by atoms with Gasteiger partial charge in [0.05, 0.1) is 33.4 Å². The standard InChI is InChI=1S/C22H25F2N3O7/c1-30-21(29)17-10-27(6-7-31-17)20(28)18-16(9-25)33-19(26-18)13-4-5-14(34-22(23)24)15(8-13)32-11-12-2-3-12/h4-5,8,12,17,22H,2-3,6-7,9-11,25H2,1H3. The minimum Gasteiger partial charge on any atom is -0.489 e. The number of halogens is 2. The van der Waals surface area contributed by atoms with Crippen LogP contribution in [-0.4, -0.2) is 67.9 Å². The van der Waals surface area contributed by atoms with E-state index in [2.05, 4.69) is 14.5 Å². The maximum Gasteiger partial charge on any atom is 0.387 e. The number of amides is 1. The van der Waals surface area contributed by atoms with Crippen molar-refractivity contribution in [3.8, 4) is 23.0 Å². The number of carbonyl (C=O) groups excluding carboxylic acids is 2. The number of carbonyl (C=O) groups is 2. The predicted molar refractivity (Wildman–Crippen MR) is 112 cm³/mol. The number of rotatable bonds is 9. The first-order valence-corrected chi connectivity index (χ1v) is 10.8. The van der Waals surface area contributed by atoms with Crippen molar-refractivity contribution < 1.29 is 41.7 Å². The fraction of sp³-hybridized carbons (Fsp3) is 0.500. The Morgan fingerprint density at radius 3 is 2.76 bits per heavy atom. The normalized spacial score (nSPS) is 18.1. The second-order valence-corrected chi connectivity index (χ2v) is 7.92. The summed E-state index contributed by atoms with van der Waals surface area (Å²) in [5.74, 6) is -0.434. The first-order valence-electron chi connectivity index (χ1n) is 10.8. The second kappa shape index (κ2) is 10.3. The summed E-state index contributed by atoms with van der Waals surface area (Å²) in [5.41, 5.74) is 6.17. The van der Waals surface area contributed by atoms with E-state index in [1.54, 1.807) is 0 Å². The van der Waals surface area contributed by atoms with Gasteiger partial charge in [-0.3, -0.25) is 4.79 Å². The third kappa shape index (κ3) is 5.45. The molecule has 10 nitrogen and oxygen atoms in total. The van der Waals surface area contributed by atoms with Gasteiger partial charge in [0.1, 0.15) is 0 Å². The Labute approximate surface area is 193 Å². The second-order valence-electron chi connectivity index (χ2n) is 7.92. The van der Waals surface area contributed by atoms with Gasteiger partial charge in [0.25, 0.3) is 5.91 Å². The van der Waals surface area contributed by atoms with Crippen LogP contribution < -0.4 is 15.2 Å². The third-order valence-corrected chi connectivity index (χ3v) is 5.48. The highest BCUT2D eigenvalue weighted by molar-refractivity contribution is 5.94. The lowest BCUT2D eigenvalue weighted by molar-refractivity contribution is -0.158. The molecule has 0 spiro atoms. The zero-order chi connectivity index (χ0) is 24.2. The quantitative estimate of drug-likeness (QED) is 0.536. The Hall–Kier alpha value is -3.25. The molecule has 0 bridgehead atoms. The van der Waals surface area contributed by atoms with Crippen molar-refractivity contribution in [1.82, 2.24) is 9.88 Å². The Bertz CT molecular complexity index is 1040. The molecule has 2 aromatic rings. The smallest absolute Gasteiger partial charge is 0.387 e. The molecular weight excluding hydrogens is 456 g/mol. The molecule has 12 heteroatoms. The first kappa shape index (κ1) is 23.9. The van der Waals surface area contributed by atoms with Crippen LogP contribution in [0.15, 0.2) is 22.6 Å². The minimum absolute atomic E-state index is 0.00336.